The molecule has 0 bridgehead atoms. The molecule has 3 rings (SSSR count). The Kier molecular flexibility index (Phi) is 4.53. The Morgan fingerprint density at radius 3 is 2.64 bits per heavy atom. The molecule has 0 spiro atoms. The van der Waals surface area contributed by atoms with Crippen LogP contribution in [0.5, 0.6) is 0 Å². The zero-order valence-electron chi connectivity index (χ0n) is 13.7. The monoisotopic (exact) mass is 344 g/mol. The Bertz CT molecular complexity index is 930. The second-order valence-corrected chi connectivity index (χ2v) is 5.29. The maximum Gasteiger partial charge on any atom is 0.355 e. The zero-order valence-corrected chi connectivity index (χ0v) is 13.7. The molecule has 2 heterocycles. The van der Waals surface area contributed by atoms with Crippen LogP contribution in [0.3, 0.4) is 0 Å². The van der Waals surface area contributed by atoms with E-state index in [0.29, 0.717) is 11.1 Å². The Labute approximate surface area is 142 Å². The lowest BCUT2D eigenvalue weighted by Crippen LogP contribution is -2.38. The minimum Gasteiger partial charge on any atom is -0.466 e. The number of hydrogen-bond donors (Lipinski definition) is 1. The van der Waals surface area contributed by atoms with Gasteiger partial charge in [-0.25, -0.2) is 9.59 Å². The number of anilines is 1. The van der Waals surface area contributed by atoms with E-state index in [-0.39, 0.29) is 30.2 Å². The van der Waals surface area contributed by atoms with Crippen LogP contribution in [0.4, 0.5) is 5.69 Å². The molecule has 2 aromatic rings. The average Bonchev–Trinajstić information content (AvgIpc) is 2.66. The van der Waals surface area contributed by atoms with Gasteiger partial charge in [0.05, 0.1) is 26.4 Å². The third-order valence-corrected chi connectivity index (χ3v) is 3.90. The van der Waals surface area contributed by atoms with E-state index in [0.717, 1.165) is 5.39 Å². The lowest BCUT2D eigenvalue weighted by atomic mass is 10.1. The van der Waals surface area contributed by atoms with Crippen LogP contribution in [0.25, 0.3) is 10.8 Å². The quantitative estimate of drug-likeness (QED) is 0.827. The second kappa shape index (κ2) is 6.78. The summed E-state index contributed by atoms with van der Waals surface area (Å²) in [6.45, 7) is -0.0387. The van der Waals surface area contributed by atoms with E-state index in [1.165, 1.54) is 19.1 Å². The molecular weight excluding hydrogens is 328 g/mol. The number of aromatic nitrogens is 1. The van der Waals surface area contributed by atoms with Crippen LogP contribution < -0.4 is 10.5 Å². The number of pyridine rings is 1. The number of carbonyl (C=O) groups excluding carboxylic acids is 2. The van der Waals surface area contributed by atoms with Gasteiger partial charge in [0.2, 0.25) is 0 Å². The maximum absolute atomic E-state index is 12.3. The SMILES string of the molecule is COC(=O)C1=C(C(=O)OC)N(c2ccc3cc[nH]c(=O)c3c2)COC1. The van der Waals surface area contributed by atoms with Crippen molar-refractivity contribution in [3.05, 3.63) is 52.1 Å². The highest BCUT2D eigenvalue weighted by Gasteiger charge is 2.32. The second-order valence-electron chi connectivity index (χ2n) is 5.29. The van der Waals surface area contributed by atoms with Crippen molar-refractivity contribution in [2.24, 2.45) is 0 Å². The van der Waals surface area contributed by atoms with Gasteiger partial charge in [-0.3, -0.25) is 4.79 Å². The lowest BCUT2D eigenvalue weighted by molar-refractivity contribution is -0.140. The summed E-state index contributed by atoms with van der Waals surface area (Å²) in [5.74, 6) is -1.37. The molecule has 1 N–H and O–H groups in total. The van der Waals surface area contributed by atoms with Crippen molar-refractivity contribution in [2.75, 3.05) is 32.5 Å². The average molecular weight is 344 g/mol. The normalized spacial score (nSPS) is 14.6. The summed E-state index contributed by atoms with van der Waals surface area (Å²) in [6.07, 6.45) is 1.56. The number of benzene rings is 1. The van der Waals surface area contributed by atoms with Crippen molar-refractivity contribution in [2.45, 2.75) is 0 Å². The minimum atomic E-state index is -0.689. The fourth-order valence-corrected chi connectivity index (χ4v) is 2.69. The van der Waals surface area contributed by atoms with E-state index in [4.69, 9.17) is 14.2 Å². The van der Waals surface area contributed by atoms with Gasteiger partial charge in [0.1, 0.15) is 12.4 Å². The van der Waals surface area contributed by atoms with Crippen LogP contribution in [0.2, 0.25) is 0 Å². The lowest BCUT2D eigenvalue weighted by Gasteiger charge is -2.31. The third kappa shape index (κ3) is 2.99. The third-order valence-electron chi connectivity index (χ3n) is 3.90. The van der Waals surface area contributed by atoms with E-state index in [2.05, 4.69) is 4.98 Å². The summed E-state index contributed by atoms with van der Waals surface area (Å²) in [5, 5.41) is 1.21. The van der Waals surface area contributed by atoms with Gasteiger partial charge in [0.25, 0.3) is 5.56 Å². The molecule has 25 heavy (non-hydrogen) atoms. The van der Waals surface area contributed by atoms with E-state index >= 15 is 0 Å². The number of fused-ring (bicyclic) bond motifs is 1. The molecule has 0 fully saturated rings. The van der Waals surface area contributed by atoms with Crippen molar-refractivity contribution < 1.29 is 23.8 Å². The van der Waals surface area contributed by atoms with Gasteiger partial charge < -0.3 is 24.1 Å². The van der Waals surface area contributed by atoms with Crippen LogP contribution in [-0.4, -0.2) is 44.5 Å². The first-order valence-electron chi connectivity index (χ1n) is 7.43. The first-order valence-corrected chi connectivity index (χ1v) is 7.43. The van der Waals surface area contributed by atoms with Crippen LogP contribution in [0.1, 0.15) is 0 Å². The summed E-state index contributed by atoms with van der Waals surface area (Å²) < 4.78 is 14.9. The predicted octanol–water partition coefficient (Wildman–Crippen LogP) is 0.922. The summed E-state index contributed by atoms with van der Waals surface area (Å²) in [6, 6.07) is 6.88. The van der Waals surface area contributed by atoms with Gasteiger partial charge in [-0.2, -0.15) is 0 Å². The first-order chi connectivity index (χ1) is 12.1. The number of carbonyl (C=O) groups is 2. The maximum atomic E-state index is 12.3. The molecule has 8 nitrogen and oxygen atoms in total. The molecule has 0 atom stereocenters. The molecule has 8 heteroatoms. The molecule has 1 aliphatic heterocycles. The number of H-pyrrole nitrogens is 1. The highest BCUT2D eigenvalue weighted by molar-refractivity contribution is 6.03. The minimum absolute atomic E-state index is 0.0289. The Morgan fingerprint density at radius 1 is 1.16 bits per heavy atom. The number of nitrogens with one attached hydrogen (secondary N) is 1. The first kappa shape index (κ1) is 16.7. The Balaban J connectivity index is 2.17. The van der Waals surface area contributed by atoms with Gasteiger partial charge in [0, 0.05) is 17.3 Å². The Morgan fingerprint density at radius 2 is 1.92 bits per heavy atom. The van der Waals surface area contributed by atoms with Gasteiger partial charge in [-0.05, 0) is 23.6 Å². The number of nitrogens with zero attached hydrogens (tertiary/aromatic N) is 1. The van der Waals surface area contributed by atoms with Crippen molar-refractivity contribution in [3.63, 3.8) is 0 Å². The predicted molar refractivity (Wildman–Crippen MR) is 88.9 cm³/mol. The summed E-state index contributed by atoms with van der Waals surface area (Å²) in [5.41, 5.74) is 0.356. The van der Waals surface area contributed by atoms with Crippen LogP contribution in [0, 0.1) is 0 Å². The molecule has 1 aliphatic rings. The van der Waals surface area contributed by atoms with Gasteiger partial charge >= 0.3 is 11.9 Å². The van der Waals surface area contributed by atoms with Gasteiger partial charge in [-0.15, -0.1) is 0 Å². The molecule has 0 saturated heterocycles. The highest BCUT2D eigenvalue weighted by Crippen LogP contribution is 2.28. The Hall–Kier alpha value is -3.13. The number of hydrogen-bond acceptors (Lipinski definition) is 7. The summed E-state index contributed by atoms with van der Waals surface area (Å²) >= 11 is 0. The van der Waals surface area contributed by atoms with Crippen molar-refractivity contribution in [1.29, 1.82) is 0 Å². The number of esters is 2. The van der Waals surface area contributed by atoms with Gasteiger partial charge in [0.15, 0.2) is 0 Å². The van der Waals surface area contributed by atoms with Crippen molar-refractivity contribution in [1.82, 2.24) is 4.98 Å². The smallest absolute Gasteiger partial charge is 0.355 e. The standard InChI is InChI=1S/C17H16N2O6/c1-23-16(21)13-8-25-9-19(14(13)17(22)24-2)11-4-3-10-5-6-18-15(20)12(10)7-11/h3-7H,8-9H2,1-2H3,(H,18,20). The van der Waals surface area contributed by atoms with Crippen LogP contribution in [0.15, 0.2) is 46.5 Å². The molecular formula is C17H16N2O6. The zero-order chi connectivity index (χ0) is 18.0. The van der Waals surface area contributed by atoms with Crippen molar-refractivity contribution in [3.8, 4) is 0 Å². The molecule has 0 saturated carbocycles. The van der Waals surface area contributed by atoms with Gasteiger partial charge in [-0.1, -0.05) is 6.07 Å². The molecule has 0 aliphatic carbocycles. The largest absolute Gasteiger partial charge is 0.466 e. The molecule has 130 valence electrons. The molecule has 0 amide bonds. The fourth-order valence-electron chi connectivity index (χ4n) is 2.69. The van der Waals surface area contributed by atoms with E-state index < -0.39 is 11.9 Å². The topological polar surface area (TPSA) is 97.9 Å². The fraction of sp³-hybridized carbons (Fsp3) is 0.235. The van der Waals surface area contributed by atoms with Crippen LogP contribution >= 0.6 is 0 Å². The number of rotatable bonds is 3. The summed E-state index contributed by atoms with van der Waals surface area (Å²) in [4.78, 5) is 40.4. The molecule has 0 unspecified atom stereocenters. The molecule has 1 aromatic carbocycles. The van der Waals surface area contributed by atoms with E-state index in [1.807, 2.05) is 0 Å². The highest BCUT2D eigenvalue weighted by atomic mass is 16.5. The van der Waals surface area contributed by atoms with E-state index in [9.17, 15) is 14.4 Å². The van der Waals surface area contributed by atoms with Crippen molar-refractivity contribution >= 4 is 28.4 Å². The van der Waals surface area contributed by atoms with Crippen LogP contribution in [-0.2, 0) is 23.8 Å². The number of aromatic amines is 1. The number of methoxy groups -OCH3 is 2. The summed E-state index contributed by atoms with van der Waals surface area (Å²) in [7, 11) is 2.45. The molecule has 1 aromatic heterocycles. The van der Waals surface area contributed by atoms with E-state index in [1.54, 1.807) is 30.5 Å². The molecule has 0 radical (unpaired) electrons. The number of ether oxygens (including phenoxy) is 3.